The van der Waals surface area contributed by atoms with Gasteiger partial charge in [-0.3, -0.25) is 0 Å². The molecule has 1 nitrogen and oxygen atoms in total. The van der Waals surface area contributed by atoms with Gasteiger partial charge in [-0.1, -0.05) is 59.8 Å². The van der Waals surface area contributed by atoms with E-state index in [-0.39, 0.29) is 0 Å². The van der Waals surface area contributed by atoms with Gasteiger partial charge in [-0.05, 0) is 74.7 Å². The zero-order chi connectivity index (χ0) is 16.7. The Kier molecular flexibility index (Phi) is 7.92. The summed E-state index contributed by atoms with van der Waals surface area (Å²) < 4.78 is 0. The van der Waals surface area contributed by atoms with Crippen LogP contribution < -0.4 is 5.32 Å². The number of hydrogen-bond donors (Lipinski definition) is 1. The molecule has 3 atom stereocenters. The fourth-order valence-electron chi connectivity index (χ4n) is 5.56. The van der Waals surface area contributed by atoms with Crippen molar-refractivity contribution in [2.45, 2.75) is 111 Å². The van der Waals surface area contributed by atoms with Crippen LogP contribution in [0.15, 0.2) is 0 Å². The summed E-state index contributed by atoms with van der Waals surface area (Å²) >= 11 is 0. The molecule has 0 spiro atoms. The van der Waals surface area contributed by atoms with Crippen molar-refractivity contribution in [3.8, 4) is 0 Å². The van der Waals surface area contributed by atoms with E-state index in [1.165, 1.54) is 83.6 Å². The molecule has 0 bridgehead atoms. The average molecular weight is 322 g/mol. The molecule has 1 heterocycles. The van der Waals surface area contributed by atoms with Crippen LogP contribution in [0.1, 0.15) is 105 Å². The molecule has 23 heavy (non-hydrogen) atoms. The molecule has 2 fully saturated rings. The molecular formula is C22H43N. The molecule has 0 aromatic rings. The predicted octanol–water partition coefficient (Wildman–Crippen LogP) is 6.57. The largest absolute Gasteiger partial charge is 0.314 e. The Morgan fingerprint density at radius 1 is 0.913 bits per heavy atom. The standard InChI is InChI=1S/C22H43N/c1-5-7-8-9-10-19-14-21(23-17-19)16-22(4,11-6-2)15-20-12-18(3)13-20/h18-21,23H,5-17H2,1-4H3. The van der Waals surface area contributed by atoms with Gasteiger partial charge in [0.25, 0.3) is 0 Å². The van der Waals surface area contributed by atoms with Crippen molar-refractivity contribution in [3.05, 3.63) is 0 Å². The summed E-state index contributed by atoms with van der Waals surface area (Å²) in [5.41, 5.74) is 0.592. The molecule has 1 saturated carbocycles. The molecule has 1 heteroatoms. The number of hydrogen-bond acceptors (Lipinski definition) is 1. The summed E-state index contributed by atoms with van der Waals surface area (Å²) in [5, 5.41) is 3.88. The Hall–Kier alpha value is -0.0400. The topological polar surface area (TPSA) is 12.0 Å². The van der Waals surface area contributed by atoms with Gasteiger partial charge in [0.05, 0.1) is 0 Å². The van der Waals surface area contributed by atoms with Crippen LogP contribution in [0, 0.1) is 23.2 Å². The van der Waals surface area contributed by atoms with E-state index in [4.69, 9.17) is 0 Å². The van der Waals surface area contributed by atoms with Crippen LogP contribution in [0.3, 0.4) is 0 Å². The van der Waals surface area contributed by atoms with Gasteiger partial charge in [0.1, 0.15) is 0 Å². The van der Waals surface area contributed by atoms with Gasteiger partial charge in [-0.25, -0.2) is 0 Å². The van der Waals surface area contributed by atoms with E-state index >= 15 is 0 Å². The molecule has 0 amide bonds. The highest BCUT2D eigenvalue weighted by molar-refractivity contribution is 4.90. The first-order valence-electron chi connectivity index (χ1n) is 10.8. The molecular weight excluding hydrogens is 278 g/mol. The Morgan fingerprint density at radius 3 is 2.35 bits per heavy atom. The van der Waals surface area contributed by atoms with Gasteiger partial charge < -0.3 is 5.32 Å². The Morgan fingerprint density at radius 2 is 1.70 bits per heavy atom. The smallest absolute Gasteiger partial charge is 0.00754 e. The lowest BCUT2D eigenvalue weighted by molar-refractivity contribution is 0.106. The van der Waals surface area contributed by atoms with E-state index in [9.17, 15) is 0 Å². The lowest BCUT2D eigenvalue weighted by Gasteiger charge is -2.41. The van der Waals surface area contributed by atoms with Crippen molar-refractivity contribution >= 4 is 0 Å². The quantitative estimate of drug-likeness (QED) is 0.424. The molecule has 1 saturated heterocycles. The van der Waals surface area contributed by atoms with Crippen LogP contribution in [-0.2, 0) is 0 Å². The van der Waals surface area contributed by atoms with Gasteiger partial charge in [0.2, 0.25) is 0 Å². The van der Waals surface area contributed by atoms with Crippen molar-refractivity contribution in [1.82, 2.24) is 5.32 Å². The molecule has 2 aliphatic rings. The summed E-state index contributed by atoms with van der Waals surface area (Å²) in [4.78, 5) is 0. The van der Waals surface area contributed by atoms with Gasteiger partial charge in [-0.15, -0.1) is 0 Å². The minimum Gasteiger partial charge on any atom is -0.314 e. The van der Waals surface area contributed by atoms with Crippen LogP contribution >= 0.6 is 0 Å². The lowest BCUT2D eigenvalue weighted by Crippen LogP contribution is -2.34. The maximum atomic E-state index is 3.88. The average Bonchev–Trinajstić information content (AvgIpc) is 2.89. The van der Waals surface area contributed by atoms with Crippen molar-refractivity contribution < 1.29 is 0 Å². The highest BCUT2D eigenvalue weighted by atomic mass is 14.9. The SMILES string of the molecule is CCCCCCC1CNC(CC(C)(CCC)CC2CC(C)C2)C1. The van der Waals surface area contributed by atoms with E-state index in [2.05, 4.69) is 33.0 Å². The Labute approximate surface area is 146 Å². The second-order valence-corrected chi connectivity index (χ2v) is 9.47. The fourth-order valence-corrected chi connectivity index (χ4v) is 5.56. The summed E-state index contributed by atoms with van der Waals surface area (Å²) in [5.74, 6) is 3.00. The third-order valence-electron chi connectivity index (χ3n) is 6.62. The van der Waals surface area contributed by atoms with Gasteiger partial charge in [0, 0.05) is 6.04 Å². The van der Waals surface area contributed by atoms with E-state index < -0.39 is 0 Å². The van der Waals surface area contributed by atoms with Crippen LogP contribution in [0.5, 0.6) is 0 Å². The molecule has 0 aromatic carbocycles. The first kappa shape index (κ1) is 19.3. The first-order chi connectivity index (χ1) is 11.0. The van der Waals surface area contributed by atoms with Gasteiger partial charge in [0.15, 0.2) is 0 Å². The predicted molar refractivity (Wildman–Crippen MR) is 103 cm³/mol. The molecule has 1 aliphatic carbocycles. The summed E-state index contributed by atoms with van der Waals surface area (Å²) in [6.45, 7) is 11.0. The second kappa shape index (κ2) is 9.44. The van der Waals surface area contributed by atoms with Crippen molar-refractivity contribution in [2.75, 3.05) is 6.54 Å². The van der Waals surface area contributed by atoms with Crippen LogP contribution in [0.2, 0.25) is 0 Å². The summed E-state index contributed by atoms with van der Waals surface area (Å²) in [6, 6.07) is 0.806. The van der Waals surface area contributed by atoms with Gasteiger partial charge >= 0.3 is 0 Å². The molecule has 136 valence electrons. The van der Waals surface area contributed by atoms with E-state index in [1.807, 2.05) is 0 Å². The van der Waals surface area contributed by atoms with E-state index in [0.29, 0.717) is 5.41 Å². The molecule has 0 aromatic heterocycles. The van der Waals surface area contributed by atoms with Crippen molar-refractivity contribution in [1.29, 1.82) is 0 Å². The molecule has 0 radical (unpaired) electrons. The summed E-state index contributed by atoms with van der Waals surface area (Å²) in [7, 11) is 0. The van der Waals surface area contributed by atoms with Crippen molar-refractivity contribution in [3.63, 3.8) is 0 Å². The van der Waals surface area contributed by atoms with Crippen LogP contribution in [-0.4, -0.2) is 12.6 Å². The van der Waals surface area contributed by atoms with Crippen molar-refractivity contribution in [2.24, 2.45) is 23.2 Å². The third kappa shape index (κ3) is 6.40. The van der Waals surface area contributed by atoms with Crippen LogP contribution in [0.4, 0.5) is 0 Å². The Bertz CT molecular complexity index is 320. The Balaban J connectivity index is 1.72. The number of nitrogens with one attached hydrogen (secondary N) is 1. The maximum Gasteiger partial charge on any atom is 0.00754 e. The van der Waals surface area contributed by atoms with Crippen LogP contribution in [0.25, 0.3) is 0 Å². The third-order valence-corrected chi connectivity index (χ3v) is 6.62. The number of unbranched alkanes of at least 4 members (excludes halogenated alkanes) is 3. The van der Waals surface area contributed by atoms with E-state index in [0.717, 1.165) is 23.8 Å². The monoisotopic (exact) mass is 321 g/mol. The minimum atomic E-state index is 0.592. The van der Waals surface area contributed by atoms with E-state index in [1.54, 1.807) is 0 Å². The summed E-state index contributed by atoms with van der Waals surface area (Å²) in [6.07, 6.45) is 17.3. The second-order valence-electron chi connectivity index (χ2n) is 9.47. The highest BCUT2D eigenvalue weighted by Crippen LogP contribution is 2.45. The maximum absolute atomic E-state index is 3.88. The normalized spacial score (nSPS) is 33.4. The first-order valence-corrected chi connectivity index (χ1v) is 10.8. The number of rotatable bonds is 11. The molecule has 3 unspecified atom stereocenters. The van der Waals surface area contributed by atoms with Gasteiger partial charge in [-0.2, -0.15) is 0 Å². The molecule has 1 aliphatic heterocycles. The molecule has 2 rings (SSSR count). The highest BCUT2D eigenvalue weighted by Gasteiger charge is 2.36. The zero-order valence-corrected chi connectivity index (χ0v) is 16.5. The fraction of sp³-hybridized carbons (Fsp3) is 1.00. The lowest BCUT2D eigenvalue weighted by atomic mass is 9.65. The zero-order valence-electron chi connectivity index (χ0n) is 16.5. The molecule has 1 N–H and O–H groups in total. The minimum absolute atomic E-state index is 0.592.